The Kier molecular flexibility index (Phi) is 6.72. The van der Waals surface area contributed by atoms with Gasteiger partial charge < -0.3 is 25.2 Å². The minimum Gasteiger partial charge on any atom is -0.481 e. The van der Waals surface area contributed by atoms with Gasteiger partial charge in [-0.15, -0.1) is 0 Å². The quantitative estimate of drug-likeness (QED) is 0.510. The number of hydrogen-bond acceptors (Lipinski definition) is 5. The molecule has 5 rings (SSSR count). The highest BCUT2D eigenvalue weighted by atomic mass is 16.5. The first-order valence-electron chi connectivity index (χ1n) is 12.2. The van der Waals surface area contributed by atoms with E-state index in [0.717, 1.165) is 35.1 Å². The van der Waals surface area contributed by atoms with E-state index in [-0.39, 0.29) is 37.7 Å². The summed E-state index contributed by atoms with van der Waals surface area (Å²) in [5.74, 6) is -1.36. The molecule has 2 fully saturated rings. The Hall–Kier alpha value is -3.39. The summed E-state index contributed by atoms with van der Waals surface area (Å²) in [6.45, 7) is 0.555. The van der Waals surface area contributed by atoms with Crippen molar-refractivity contribution in [2.75, 3.05) is 19.8 Å². The predicted molar refractivity (Wildman–Crippen MR) is 128 cm³/mol. The molecule has 2 amide bonds. The summed E-state index contributed by atoms with van der Waals surface area (Å²) in [5.41, 5.74) is 4.57. The van der Waals surface area contributed by atoms with Crippen molar-refractivity contribution in [1.29, 1.82) is 0 Å². The molecule has 0 aromatic heterocycles. The molecule has 3 N–H and O–H groups in total. The summed E-state index contributed by atoms with van der Waals surface area (Å²) in [5, 5.41) is 14.7. The Labute approximate surface area is 204 Å². The maximum atomic E-state index is 12.8. The maximum Gasteiger partial charge on any atom is 0.407 e. The van der Waals surface area contributed by atoms with E-state index in [1.54, 1.807) is 0 Å². The SMILES string of the molecule is O=C(NC(CC1CC1)C(=O)NC[C@@H]1C[C@H](C(=O)O)CO1)OCC1c2ccccc2-c2ccccc21. The zero-order valence-corrected chi connectivity index (χ0v) is 19.4. The normalized spacial score (nSPS) is 21.6. The molecule has 2 aromatic carbocycles. The van der Waals surface area contributed by atoms with E-state index in [0.29, 0.717) is 18.8 Å². The molecule has 1 saturated heterocycles. The van der Waals surface area contributed by atoms with E-state index in [4.69, 9.17) is 14.6 Å². The number of rotatable bonds is 9. The van der Waals surface area contributed by atoms with Crippen LogP contribution in [0.2, 0.25) is 0 Å². The van der Waals surface area contributed by atoms with Crippen LogP contribution in [0, 0.1) is 11.8 Å². The van der Waals surface area contributed by atoms with Crippen LogP contribution in [-0.4, -0.2) is 55.0 Å². The number of alkyl carbamates (subject to hydrolysis) is 1. The molecule has 3 aliphatic rings. The van der Waals surface area contributed by atoms with Crippen LogP contribution in [0.1, 0.15) is 42.7 Å². The molecule has 0 spiro atoms. The Morgan fingerprint density at radius 1 is 1.03 bits per heavy atom. The van der Waals surface area contributed by atoms with Crippen LogP contribution in [-0.2, 0) is 19.1 Å². The van der Waals surface area contributed by atoms with Gasteiger partial charge in [-0.3, -0.25) is 9.59 Å². The highest BCUT2D eigenvalue weighted by Gasteiger charge is 2.34. The Morgan fingerprint density at radius 3 is 2.29 bits per heavy atom. The van der Waals surface area contributed by atoms with E-state index in [9.17, 15) is 14.4 Å². The molecule has 0 bridgehead atoms. The molecular weight excluding hydrogens is 448 g/mol. The lowest BCUT2D eigenvalue weighted by Gasteiger charge is -2.20. The van der Waals surface area contributed by atoms with Gasteiger partial charge >= 0.3 is 12.1 Å². The first-order valence-corrected chi connectivity index (χ1v) is 12.2. The maximum absolute atomic E-state index is 12.8. The van der Waals surface area contributed by atoms with Gasteiger partial charge in [-0.1, -0.05) is 61.4 Å². The standard InChI is InChI=1S/C27H30N2O6/c30-25(28-13-18-12-17(14-34-18)26(31)32)24(11-16-9-10-16)29-27(33)35-15-23-21-7-3-1-5-19(21)20-6-2-4-8-22(20)23/h1-8,16-18,23-24H,9-15H2,(H,28,30)(H,29,33)(H,31,32)/t17-,18-,24?/m0/s1. The highest BCUT2D eigenvalue weighted by Crippen LogP contribution is 2.44. The minimum absolute atomic E-state index is 0.0504. The van der Waals surface area contributed by atoms with Crippen molar-refractivity contribution in [1.82, 2.24) is 10.6 Å². The molecule has 35 heavy (non-hydrogen) atoms. The lowest BCUT2D eigenvalue weighted by molar-refractivity contribution is -0.141. The third-order valence-corrected chi connectivity index (χ3v) is 7.15. The molecule has 2 aromatic rings. The van der Waals surface area contributed by atoms with Crippen molar-refractivity contribution in [3.8, 4) is 11.1 Å². The molecule has 184 valence electrons. The van der Waals surface area contributed by atoms with E-state index in [1.807, 2.05) is 24.3 Å². The van der Waals surface area contributed by atoms with Crippen LogP contribution >= 0.6 is 0 Å². The lowest BCUT2D eigenvalue weighted by Crippen LogP contribution is -2.48. The van der Waals surface area contributed by atoms with Crippen LogP contribution in [0.25, 0.3) is 11.1 Å². The van der Waals surface area contributed by atoms with Crippen LogP contribution < -0.4 is 10.6 Å². The van der Waals surface area contributed by atoms with Gasteiger partial charge in [-0.25, -0.2) is 4.79 Å². The van der Waals surface area contributed by atoms with E-state index in [2.05, 4.69) is 34.9 Å². The fourth-order valence-electron chi connectivity index (χ4n) is 5.06. The lowest BCUT2D eigenvalue weighted by atomic mass is 9.98. The van der Waals surface area contributed by atoms with Gasteiger partial charge in [-0.05, 0) is 41.0 Å². The molecule has 2 aliphatic carbocycles. The van der Waals surface area contributed by atoms with Crippen molar-refractivity contribution in [3.63, 3.8) is 0 Å². The molecular formula is C27H30N2O6. The van der Waals surface area contributed by atoms with E-state index < -0.39 is 24.0 Å². The zero-order chi connectivity index (χ0) is 24.4. The smallest absolute Gasteiger partial charge is 0.407 e. The first-order chi connectivity index (χ1) is 17.0. The number of carboxylic acids is 1. The minimum atomic E-state index is -0.887. The zero-order valence-electron chi connectivity index (χ0n) is 19.4. The third-order valence-electron chi connectivity index (χ3n) is 7.15. The van der Waals surface area contributed by atoms with Crippen LogP contribution in [0.4, 0.5) is 4.79 Å². The summed E-state index contributed by atoms with van der Waals surface area (Å²) >= 11 is 0. The highest BCUT2D eigenvalue weighted by molar-refractivity contribution is 5.86. The summed E-state index contributed by atoms with van der Waals surface area (Å²) < 4.78 is 11.1. The fourth-order valence-corrected chi connectivity index (χ4v) is 5.06. The number of fused-ring (bicyclic) bond motifs is 3. The van der Waals surface area contributed by atoms with Crippen LogP contribution in [0.5, 0.6) is 0 Å². The summed E-state index contributed by atoms with van der Waals surface area (Å²) in [4.78, 5) is 36.7. The number of amides is 2. The van der Waals surface area contributed by atoms with Crippen molar-refractivity contribution < 1.29 is 29.0 Å². The molecule has 8 nitrogen and oxygen atoms in total. The second-order valence-corrected chi connectivity index (χ2v) is 9.67. The van der Waals surface area contributed by atoms with Crippen LogP contribution in [0.15, 0.2) is 48.5 Å². The van der Waals surface area contributed by atoms with E-state index in [1.165, 1.54) is 0 Å². The van der Waals surface area contributed by atoms with Crippen molar-refractivity contribution in [2.45, 2.75) is 43.7 Å². The average Bonchev–Trinajstić information content (AvgIpc) is 3.44. The number of carboxylic acid groups (broad SMARTS) is 1. The number of carbonyl (C=O) groups is 3. The summed E-state index contributed by atoms with van der Waals surface area (Å²) in [6, 6.07) is 15.6. The molecule has 8 heteroatoms. The monoisotopic (exact) mass is 478 g/mol. The fraction of sp³-hybridized carbons (Fsp3) is 0.444. The van der Waals surface area contributed by atoms with Gasteiger partial charge in [0.25, 0.3) is 0 Å². The molecule has 1 saturated carbocycles. The Morgan fingerprint density at radius 2 is 1.69 bits per heavy atom. The largest absolute Gasteiger partial charge is 0.481 e. The number of ether oxygens (including phenoxy) is 2. The van der Waals surface area contributed by atoms with Crippen molar-refractivity contribution in [3.05, 3.63) is 59.7 Å². The van der Waals surface area contributed by atoms with Crippen molar-refractivity contribution >= 4 is 18.0 Å². The molecule has 1 unspecified atom stereocenters. The molecule has 1 aliphatic heterocycles. The van der Waals surface area contributed by atoms with Gasteiger partial charge in [0.15, 0.2) is 0 Å². The molecule has 3 atom stereocenters. The van der Waals surface area contributed by atoms with Gasteiger partial charge in [0.1, 0.15) is 12.6 Å². The van der Waals surface area contributed by atoms with Crippen molar-refractivity contribution in [2.24, 2.45) is 11.8 Å². The first kappa shape index (κ1) is 23.4. The average molecular weight is 479 g/mol. The predicted octanol–water partition coefficient (Wildman–Crippen LogP) is 3.30. The van der Waals surface area contributed by atoms with Gasteiger partial charge in [-0.2, -0.15) is 0 Å². The Balaban J connectivity index is 1.17. The number of nitrogens with one attached hydrogen (secondary N) is 2. The second-order valence-electron chi connectivity index (χ2n) is 9.67. The number of carbonyl (C=O) groups excluding carboxylic acids is 2. The second kappa shape index (κ2) is 10.1. The topological polar surface area (TPSA) is 114 Å². The number of aliphatic carboxylic acids is 1. The molecule has 0 radical (unpaired) electrons. The summed E-state index contributed by atoms with van der Waals surface area (Å²) in [6.07, 6.45) is 2.05. The van der Waals surface area contributed by atoms with Crippen LogP contribution in [0.3, 0.4) is 0 Å². The van der Waals surface area contributed by atoms with Gasteiger partial charge in [0.2, 0.25) is 5.91 Å². The van der Waals surface area contributed by atoms with Gasteiger partial charge in [0, 0.05) is 12.5 Å². The third kappa shape index (κ3) is 5.32. The Bertz CT molecular complexity index is 1070. The number of hydrogen-bond donors (Lipinski definition) is 3. The number of benzene rings is 2. The van der Waals surface area contributed by atoms with E-state index >= 15 is 0 Å². The van der Waals surface area contributed by atoms with Gasteiger partial charge in [0.05, 0.1) is 18.6 Å². The summed E-state index contributed by atoms with van der Waals surface area (Å²) in [7, 11) is 0. The molecule has 1 heterocycles.